The van der Waals surface area contributed by atoms with Crippen molar-refractivity contribution in [3.8, 4) is 0 Å². The molecule has 0 aromatic heterocycles. The molecule has 0 radical (unpaired) electrons. The Morgan fingerprint density at radius 1 is 1.20 bits per heavy atom. The lowest BCUT2D eigenvalue weighted by Crippen LogP contribution is -2.63. The minimum atomic E-state index is -0.201. The molecule has 0 aliphatic carbocycles. The minimum Gasteiger partial charge on any atom is -0.445 e. The Morgan fingerprint density at radius 3 is 2.45 bits per heavy atom. The molecule has 0 bridgehead atoms. The fourth-order valence-electron chi connectivity index (χ4n) is 3.11. The van der Waals surface area contributed by atoms with Gasteiger partial charge in [-0.3, -0.25) is 5.84 Å². The van der Waals surface area contributed by atoms with Gasteiger partial charge in [0, 0.05) is 31.6 Å². The summed E-state index contributed by atoms with van der Waals surface area (Å²) in [5.74, 6) is 5.72. The van der Waals surface area contributed by atoms with E-state index in [1.807, 2.05) is 40.2 Å². The molecule has 1 aromatic carbocycles. The van der Waals surface area contributed by atoms with E-state index in [9.17, 15) is 4.79 Å². The number of amides is 1. The van der Waals surface area contributed by atoms with Gasteiger partial charge in [-0.1, -0.05) is 30.3 Å². The number of rotatable bonds is 2. The second-order valence-electron chi connectivity index (χ2n) is 5.93. The highest BCUT2D eigenvalue weighted by Crippen LogP contribution is 2.38. The molecule has 0 atom stereocenters. The number of carbonyl (C=O) groups is 1. The molecule has 2 saturated heterocycles. The maximum Gasteiger partial charge on any atom is 0.410 e. The average molecular weight is 275 g/mol. The van der Waals surface area contributed by atoms with Crippen LogP contribution >= 0.6 is 0 Å². The van der Waals surface area contributed by atoms with Crippen molar-refractivity contribution in [1.82, 2.24) is 9.91 Å². The smallest absolute Gasteiger partial charge is 0.410 e. The molecule has 5 heteroatoms. The van der Waals surface area contributed by atoms with Crippen molar-refractivity contribution in [2.45, 2.75) is 19.4 Å². The number of ether oxygens (including phenoxy) is 1. The van der Waals surface area contributed by atoms with E-state index in [0.29, 0.717) is 12.0 Å². The zero-order valence-corrected chi connectivity index (χ0v) is 11.6. The molecule has 3 rings (SSSR count). The van der Waals surface area contributed by atoms with Crippen molar-refractivity contribution < 1.29 is 9.53 Å². The summed E-state index contributed by atoms with van der Waals surface area (Å²) >= 11 is 0. The van der Waals surface area contributed by atoms with Gasteiger partial charge in [-0.15, -0.1) is 0 Å². The zero-order valence-electron chi connectivity index (χ0n) is 11.6. The Hall–Kier alpha value is -1.59. The lowest BCUT2D eigenvalue weighted by atomic mass is 9.73. The topological polar surface area (TPSA) is 58.8 Å². The largest absolute Gasteiger partial charge is 0.445 e. The molecule has 2 fully saturated rings. The molecular formula is C15H21N3O2. The van der Waals surface area contributed by atoms with Crippen molar-refractivity contribution in [2.24, 2.45) is 11.3 Å². The molecular weight excluding hydrogens is 254 g/mol. The van der Waals surface area contributed by atoms with E-state index >= 15 is 0 Å². The quantitative estimate of drug-likeness (QED) is 0.833. The Balaban J connectivity index is 1.45. The maximum atomic E-state index is 12.0. The van der Waals surface area contributed by atoms with Gasteiger partial charge in [0.15, 0.2) is 0 Å². The SMILES string of the molecule is NN1CC2(CCN(C(=O)OCc3ccccc3)CC2)C1. The van der Waals surface area contributed by atoms with Crippen LogP contribution in [0.2, 0.25) is 0 Å². The number of piperidine rings is 1. The second kappa shape index (κ2) is 5.42. The van der Waals surface area contributed by atoms with Gasteiger partial charge in [-0.05, 0) is 18.4 Å². The van der Waals surface area contributed by atoms with Crippen LogP contribution < -0.4 is 5.84 Å². The minimum absolute atomic E-state index is 0.201. The predicted molar refractivity (Wildman–Crippen MR) is 75.6 cm³/mol. The predicted octanol–water partition coefficient (Wildman–Crippen LogP) is 1.59. The van der Waals surface area contributed by atoms with Crippen LogP contribution in [0.4, 0.5) is 4.79 Å². The highest BCUT2D eigenvalue weighted by molar-refractivity contribution is 5.67. The first kappa shape index (κ1) is 13.4. The summed E-state index contributed by atoms with van der Waals surface area (Å²) in [6, 6.07) is 9.77. The van der Waals surface area contributed by atoms with Gasteiger partial charge < -0.3 is 9.64 Å². The molecule has 5 nitrogen and oxygen atoms in total. The zero-order chi connectivity index (χ0) is 14.0. The number of carbonyl (C=O) groups excluding carboxylic acids is 1. The maximum absolute atomic E-state index is 12.0. The summed E-state index contributed by atoms with van der Waals surface area (Å²) in [7, 11) is 0. The highest BCUT2D eigenvalue weighted by atomic mass is 16.6. The lowest BCUT2D eigenvalue weighted by molar-refractivity contribution is -0.0457. The van der Waals surface area contributed by atoms with E-state index in [-0.39, 0.29) is 6.09 Å². The van der Waals surface area contributed by atoms with Gasteiger partial charge in [0.2, 0.25) is 0 Å². The van der Waals surface area contributed by atoms with Crippen molar-refractivity contribution in [3.05, 3.63) is 35.9 Å². The van der Waals surface area contributed by atoms with Crippen LogP contribution in [-0.2, 0) is 11.3 Å². The number of hydrogen-bond donors (Lipinski definition) is 1. The van der Waals surface area contributed by atoms with E-state index in [0.717, 1.165) is 44.6 Å². The number of nitrogens with zero attached hydrogens (tertiary/aromatic N) is 2. The van der Waals surface area contributed by atoms with Gasteiger partial charge in [0.25, 0.3) is 0 Å². The van der Waals surface area contributed by atoms with Gasteiger partial charge in [0.05, 0.1) is 0 Å². The average Bonchev–Trinajstić information content (AvgIpc) is 2.45. The van der Waals surface area contributed by atoms with Gasteiger partial charge in [0.1, 0.15) is 6.61 Å². The first-order valence-corrected chi connectivity index (χ1v) is 7.12. The molecule has 0 saturated carbocycles. The number of likely N-dealkylation sites (tertiary alicyclic amines) is 1. The van der Waals surface area contributed by atoms with E-state index in [4.69, 9.17) is 10.6 Å². The van der Waals surface area contributed by atoms with Crippen LogP contribution in [0.3, 0.4) is 0 Å². The summed E-state index contributed by atoms with van der Waals surface area (Å²) in [5.41, 5.74) is 1.37. The Morgan fingerprint density at radius 2 is 1.85 bits per heavy atom. The molecule has 1 spiro atoms. The van der Waals surface area contributed by atoms with E-state index in [1.165, 1.54) is 0 Å². The fourth-order valence-corrected chi connectivity index (χ4v) is 3.11. The van der Waals surface area contributed by atoms with E-state index in [1.54, 1.807) is 0 Å². The molecule has 1 aromatic rings. The monoisotopic (exact) mass is 275 g/mol. The molecule has 108 valence electrons. The summed E-state index contributed by atoms with van der Waals surface area (Å²) < 4.78 is 5.36. The van der Waals surface area contributed by atoms with E-state index < -0.39 is 0 Å². The highest BCUT2D eigenvalue weighted by Gasteiger charge is 2.44. The standard InChI is InChI=1S/C15H21N3O2/c16-18-11-15(12-18)6-8-17(9-7-15)14(19)20-10-13-4-2-1-3-5-13/h1-5H,6-12,16H2. The Bertz CT molecular complexity index is 461. The van der Waals surface area contributed by atoms with Crippen LogP contribution in [0.1, 0.15) is 18.4 Å². The third kappa shape index (κ3) is 2.78. The van der Waals surface area contributed by atoms with Crippen LogP contribution in [0.25, 0.3) is 0 Å². The van der Waals surface area contributed by atoms with Crippen LogP contribution in [0, 0.1) is 5.41 Å². The number of hydrazine groups is 1. The Labute approximate surface area is 119 Å². The second-order valence-corrected chi connectivity index (χ2v) is 5.93. The van der Waals surface area contributed by atoms with Crippen molar-refractivity contribution in [3.63, 3.8) is 0 Å². The first-order chi connectivity index (χ1) is 9.67. The summed E-state index contributed by atoms with van der Waals surface area (Å²) in [4.78, 5) is 13.8. The Kier molecular flexibility index (Phi) is 3.63. The number of hydrogen-bond acceptors (Lipinski definition) is 4. The molecule has 2 aliphatic heterocycles. The lowest BCUT2D eigenvalue weighted by Gasteiger charge is -2.52. The molecule has 1 amide bonds. The molecule has 2 heterocycles. The third-order valence-corrected chi connectivity index (χ3v) is 4.36. The van der Waals surface area contributed by atoms with Gasteiger partial charge in [-0.25, -0.2) is 9.80 Å². The molecule has 2 aliphatic rings. The third-order valence-electron chi connectivity index (χ3n) is 4.36. The van der Waals surface area contributed by atoms with Crippen molar-refractivity contribution in [2.75, 3.05) is 26.2 Å². The summed E-state index contributed by atoms with van der Waals surface area (Å²) in [6.45, 7) is 3.82. The summed E-state index contributed by atoms with van der Waals surface area (Å²) in [5, 5.41) is 1.85. The van der Waals surface area contributed by atoms with Gasteiger partial charge in [-0.2, -0.15) is 0 Å². The van der Waals surface area contributed by atoms with Crippen LogP contribution in [-0.4, -0.2) is 42.2 Å². The number of nitrogens with two attached hydrogens (primary N) is 1. The van der Waals surface area contributed by atoms with Crippen LogP contribution in [0.15, 0.2) is 30.3 Å². The molecule has 20 heavy (non-hydrogen) atoms. The number of benzene rings is 1. The molecule has 2 N–H and O–H groups in total. The molecule has 0 unspecified atom stereocenters. The first-order valence-electron chi connectivity index (χ1n) is 7.12. The van der Waals surface area contributed by atoms with Crippen LogP contribution in [0.5, 0.6) is 0 Å². The normalized spacial score (nSPS) is 21.6. The summed E-state index contributed by atoms with van der Waals surface area (Å²) in [6.07, 6.45) is 1.86. The van der Waals surface area contributed by atoms with Crippen molar-refractivity contribution >= 4 is 6.09 Å². The van der Waals surface area contributed by atoms with Gasteiger partial charge >= 0.3 is 6.09 Å². The fraction of sp³-hybridized carbons (Fsp3) is 0.533. The van der Waals surface area contributed by atoms with Crippen molar-refractivity contribution in [1.29, 1.82) is 0 Å². The van der Waals surface area contributed by atoms with E-state index in [2.05, 4.69) is 0 Å².